The molecule has 21 heavy (non-hydrogen) atoms. The van der Waals surface area contributed by atoms with Crippen molar-refractivity contribution in [3.63, 3.8) is 0 Å². The molecule has 0 spiro atoms. The lowest BCUT2D eigenvalue weighted by Gasteiger charge is -2.33. The van der Waals surface area contributed by atoms with Gasteiger partial charge in [0.25, 0.3) is 0 Å². The molecule has 1 aliphatic rings. The Labute approximate surface area is 136 Å². The summed E-state index contributed by atoms with van der Waals surface area (Å²) in [4.78, 5) is 11.8. The van der Waals surface area contributed by atoms with Crippen molar-refractivity contribution in [1.29, 1.82) is 0 Å². The number of carbonyl (C=O) groups excluding carboxylic acids is 1. The SMILES string of the molecule is CNC(=O)C1COCCN1S(=O)(=O)c1ccc(Br)cc1Cl. The maximum absolute atomic E-state index is 12.7. The summed E-state index contributed by atoms with van der Waals surface area (Å²) in [5.41, 5.74) is 0. The van der Waals surface area contributed by atoms with Crippen LogP contribution in [0.3, 0.4) is 0 Å². The number of halogens is 2. The van der Waals surface area contributed by atoms with Crippen molar-refractivity contribution in [2.75, 3.05) is 26.8 Å². The molecule has 1 aromatic carbocycles. The molecule has 1 saturated heterocycles. The molecule has 1 fully saturated rings. The smallest absolute Gasteiger partial charge is 0.245 e. The first kappa shape index (κ1) is 16.7. The van der Waals surface area contributed by atoms with E-state index in [0.717, 1.165) is 4.31 Å². The Morgan fingerprint density at radius 1 is 1.52 bits per heavy atom. The molecule has 1 N–H and O–H groups in total. The fourth-order valence-electron chi connectivity index (χ4n) is 2.06. The number of benzene rings is 1. The first-order valence-electron chi connectivity index (χ1n) is 6.14. The quantitative estimate of drug-likeness (QED) is 0.832. The van der Waals surface area contributed by atoms with E-state index in [2.05, 4.69) is 21.2 Å². The molecule has 1 unspecified atom stereocenters. The summed E-state index contributed by atoms with van der Waals surface area (Å²) in [6, 6.07) is 3.61. The lowest BCUT2D eigenvalue weighted by Crippen LogP contribution is -2.55. The van der Waals surface area contributed by atoms with Crippen molar-refractivity contribution in [3.8, 4) is 0 Å². The van der Waals surface area contributed by atoms with Crippen LogP contribution >= 0.6 is 27.5 Å². The normalized spacial score (nSPS) is 20.2. The van der Waals surface area contributed by atoms with Gasteiger partial charge in [0.15, 0.2) is 0 Å². The number of carbonyl (C=O) groups is 1. The van der Waals surface area contributed by atoms with Gasteiger partial charge in [-0.05, 0) is 18.2 Å². The predicted molar refractivity (Wildman–Crippen MR) is 81.7 cm³/mol. The van der Waals surface area contributed by atoms with E-state index < -0.39 is 22.0 Å². The van der Waals surface area contributed by atoms with E-state index in [1.54, 1.807) is 6.07 Å². The van der Waals surface area contributed by atoms with E-state index in [-0.39, 0.29) is 29.7 Å². The first-order valence-corrected chi connectivity index (χ1v) is 8.75. The third-order valence-electron chi connectivity index (χ3n) is 3.11. The fourth-order valence-corrected chi connectivity index (χ4v) is 4.63. The topological polar surface area (TPSA) is 75.7 Å². The number of likely N-dealkylation sites (N-methyl/N-ethyl adjacent to an activating group) is 1. The van der Waals surface area contributed by atoms with E-state index in [4.69, 9.17) is 16.3 Å². The van der Waals surface area contributed by atoms with Crippen LogP contribution in [0.25, 0.3) is 0 Å². The van der Waals surface area contributed by atoms with Crippen molar-refractivity contribution < 1.29 is 17.9 Å². The van der Waals surface area contributed by atoms with Crippen molar-refractivity contribution in [2.45, 2.75) is 10.9 Å². The molecule has 0 saturated carbocycles. The monoisotopic (exact) mass is 396 g/mol. The number of hydrogen-bond acceptors (Lipinski definition) is 4. The highest BCUT2D eigenvalue weighted by Gasteiger charge is 2.38. The molecule has 1 aliphatic heterocycles. The Bertz CT molecular complexity index is 653. The lowest BCUT2D eigenvalue weighted by atomic mass is 10.2. The third-order valence-corrected chi connectivity index (χ3v) is 5.99. The van der Waals surface area contributed by atoms with Crippen LogP contribution in [0.5, 0.6) is 0 Å². The zero-order valence-electron chi connectivity index (χ0n) is 11.2. The van der Waals surface area contributed by atoms with Gasteiger partial charge >= 0.3 is 0 Å². The summed E-state index contributed by atoms with van der Waals surface area (Å²) in [6.45, 7) is 0.362. The standard InChI is InChI=1S/C12H14BrClN2O4S/c1-15-12(17)10-7-20-5-4-16(10)21(18,19)11-3-2-8(13)6-9(11)14/h2-3,6,10H,4-5,7H2,1H3,(H,15,17). The molecule has 1 heterocycles. The predicted octanol–water partition coefficient (Wildman–Crippen LogP) is 1.24. The van der Waals surface area contributed by atoms with E-state index in [9.17, 15) is 13.2 Å². The van der Waals surface area contributed by atoms with Crippen LogP contribution in [0.1, 0.15) is 0 Å². The highest BCUT2D eigenvalue weighted by atomic mass is 79.9. The molecule has 2 rings (SSSR count). The molecule has 0 aliphatic carbocycles. The van der Waals surface area contributed by atoms with Crippen molar-refractivity contribution in [2.24, 2.45) is 0 Å². The van der Waals surface area contributed by atoms with Crippen molar-refractivity contribution in [3.05, 3.63) is 27.7 Å². The van der Waals surface area contributed by atoms with Crippen LogP contribution in [0.2, 0.25) is 5.02 Å². The minimum absolute atomic E-state index is 0.0209. The molecular formula is C12H14BrClN2O4S. The average molecular weight is 398 g/mol. The molecule has 9 heteroatoms. The summed E-state index contributed by atoms with van der Waals surface area (Å²) < 4.78 is 32.5. The number of morpholine rings is 1. The summed E-state index contributed by atoms with van der Waals surface area (Å²) in [6.07, 6.45) is 0. The Morgan fingerprint density at radius 2 is 2.24 bits per heavy atom. The molecule has 6 nitrogen and oxygen atoms in total. The van der Waals surface area contributed by atoms with Gasteiger partial charge in [-0.15, -0.1) is 0 Å². The summed E-state index contributed by atoms with van der Waals surface area (Å²) in [5, 5.41) is 2.55. The van der Waals surface area contributed by atoms with Gasteiger partial charge in [-0.3, -0.25) is 4.79 Å². The second kappa shape index (κ2) is 6.62. The third kappa shape index (κ3) is 3.40. The van der Waals surface area contributed by atoms with Crippen molar-refractivity contribution in [1.82, 2.24) is 9.62 Å². The van der Waals surface area contributed by atoms with E-state index >= 15 is 0 Å². The van der Waals surface area contributed by atoms with Crippen molar-refractivity contribution >= 4 is 43.5 Å². The van der Waals surface area contributed by atoms with Gasteiger partial charge in [0.1, 0.15) is 10.9 Å². The molecule has 116 valence electrons. The maximum Gasteiger partial charge on any atom is 0.245 e. The summed E-state index contributed by atoms with van der Waals surface area (Å²) >= 11 is 9.26. The van der Waals surface area contributed by atoms with Gasteiger partial charge in [0.05, 0.1) is 18.2 Å². The lowest BCUT2D eigenvalue weighted by molar-refractivity contribution is -0.128. The van der Waals surface area contributed by atoms with Gasteiger partial charge in [0.2, 0.25) is 15.9 Å². The number of nitrogens with zero attached hydrogens (tertiary/aromatic N) is 1. The van der Waals surface area contributed by atoms with Crippen LogP contribution in [0.15, 0.2) is 27.6 Å². The average Bonchev–Trinajstić information content (AvgIpc) is 2.46. The van der Waals surface area contributed by atoms with Crippen LogP contribution in [0, 0.1) is 0 Å². The molecule has 1 aromatic rings. The van der Waals surface area contributed by atoms with Gasteiger partial charge < -0.3 is 10.1 Å². The van der Waals surface area contributed by atoms with Crippen LogP contribution in [0.4, 0.5) is 0 Å². The van der Waals surface area contributed by atoms with E-state index in [1.165, 1.54) is 19.2 Å². The zero-order valence-corrected chi connectivity index (χ0v) is 14.3. The Hall–Kier alpha value is -0.670. The molecule has 1 atom stereocenters. The van der Waals surface area contributed by atoms with Gasteiger partial charge in [-0.2, -0.15) is 4.31 Å². The molecule has 0 aromatic heterocycles. The number of sulfonamides is 1. The van der Waals surface area contributed by atoms with Gasteiger partial charge in [-0.1, -0.05) is 27.5 Å². The molecule has 0 bridgehead atoms. The fraction of sp³-hybridized carbons (Fsp3) is 0.417. The second-order valence-corrected chi connectivity index (χ2v) is 7.58. The highest BCUT2D eigenvalue weighted by molar-refractivity contribution is 9.10. The Morgan fingerprint density at radius 3 is 2.86 bits per heavy atom. The van der Waals surface area contributed by atoms with E-state index in [0.29, 0.717) is 4.47 Å². The van der Waals surface area contributed by atoms with Gasteiger partial charge in [0, 0.05) is 18.1 Å². The number of rotatable bonds is 3. The number of nitrogens with one attached hydrogen (secondary N) is 1. The van der Waals surface area contributed by atoms with Crippen LogP contribution in [-0.2, 0) is 19.6 Å². The molecule has 0 radical (unpaired) electrons. The van der Waals surface area contributed by atoms with Gasteiger partial charge in [-0.25, -0.2) is 8.42 Å². The van der Waals surface area contributed by atoms with Crippen LogP contribution < -0.4 is 5.32 Å². The first-order chi connectivity index (χ1) is 9.87. The number of amides is 1. The number of ether oxygens (including phenoxy) is 1. The minimum Gasteiger partial charge on any atom is -0.378 e. The minimum atomic E-state index is -3.87. The summed E-state index contributed by atoms with van der Waals surface area (Å²) in [7, 11) is -2.42. The molecular weight excluding hydrogens is 384 g/mol. The zero-order chi connectivity index (χ0) is 15.6. The van der Waals surface area contributed by atoms with Crippen LogP contribution in [-0.4, -0.2) is 51.5 Å². The van der Waals surface area contributed by atoms with E-state index in [1.807, 2.05) is 0 Å². The highest BCUT2D eigenvalue weighted by Crippen LogP contribution is 2.29. The second-order valence-electron chi connectivity index (χ2n) is 4.40. The molecule has 1 amide bonds. The Kier molecular flexibility index (Phi) is 5.26. The maximum atomic E-state index is 12.7. The Balaban J connectivity index is 2.43. The summed E-state index contributed by atoms with van der Waals surface area (Å²) in [5.74, 6) is -0.411. The number of hydrogen-bond donors (Lipinski definition) is 1. The largest absolute Gasteiger partial charge is 0.378 e.